The second-order valence-corrected chi connectivity index (χ2v) is 6.94. The van der Waals surface area contributed by atoms with Crippen LogP contribution in [0.15, 0.2) is 47.4 Å². The molecule has 0 atom stereocenters. The highest BCUT2D eigenvalue weighted by molar-refractivity contribution is 7.89. The molecule has 1 amide bonds. The molecule has 0 heterocycles. The first-order valence-corrected chi connectivity index (χ1v) is 9.07. The molecule has 0 bridgehead atoms. The molecule has 0 aliphatic carbocycles. The summed E-state index contributed by atoms with van der Waals surface area (Å²) in [7, 11) is -1.27. The number of nitrogens with one attached hydrogen (secondary N) is 2. The molecule has 2 N–H and O–H groups in total. The fourth-order valence-electron chi connectivity index (χ4n) is 2.13. The first-order valence-electron chi connectivity index (χ1n) is 7.59. The van der Waals surface area contributed by atoms with Gasteiger partial charge in [0.25, 0.3) is 0 Å². The molecule has 0 spiro atoms. The monoisotopic (exact) mass is 382 g/mol. The van der Waals surface area contributed by atoms with Crippen LogP contribution in [0, 0.1) is 5.82 Å². The van der Waals surface area contributed by atoms with Crippen molar-refractivity contribution in [2.75, 3.05) is 20.8 Å². The van der Waals surface area contributed by atoms with Crippen LogP contribution in [0.25, 0.3) is 0 Å². The van der Waals surface area contributed by atoms with Crippen molar-refractivity contribution in [3.63, 3.8) is 0 Å². The molecule has 2 rings (SSSR count). The van der Waals surface area contributed by atoms with Crippen LogP contribution in [0.5, 0.6) is 11.5 Å². The third-order valence-electron chi connectivity index (χ3n) is 3.52. The molecule has 0 aromatic heterocycles. The summed E-state index contributed by atoms with van der Waals surface area (Å²) in [5.41, 5.74) is 0.304. The van der Waals surface area contributed by atoms with Gasteiger partial charge >= 0.3 is 0 Å². The van der Waals surface area contributed by atoms with Gasteiger partial charge in [-0.05, 0) is 18.2 Å². The standard InChI is InChI=1S/C17H19FN2O5S/c1-24-13-7-8-15(25-2)16(9-13)26(22,23)20-11-17(21)19-10-12-5-3-4-6-14(12)18/h3-9,20H,10-11H2,1-2H3,(H,19,21). The summed E-state index contributed by atoms with van der Waals surface area (Å²) in [6.07, 6.45) is 0. The minimum absolute atomic E-state index is 0.0459. The quantitative estimate of drug-likeness (QED) is 0.721. The number of hydrogen-bond donors (Lipinski definition) is 2. The van der Waals surface area contributed by atoms with E-state index in [1.807, 2.05) is 0 Å². The normalized spacial score (nSPS) is 11.0. The molecule has 26 heavy (non-hydrogen) atoms. The SMILES string of the molecule is COc1ccc(OC)c(S(=O)(=O)NCC(=O)NCc2ccccc2F)c1. The average molecular weight is 382 g/mol. The van der Waals surface area contributed by atoms with Crippen molar-refractivity contribution in [2.24, 2.45) is 0 Å². The van der Waals surface area contributed by atoms with Gasteiger partial charge in [0, 0.05) is 18.2 Å². The lowest BCUT2D eigenvalue weighted by Gasteiger charge is -2.12. The van der Waals surface area contributed by atoms with Crippen molar-refractivity contribution in [1.29, 1.82) is 0 Å². The van der Waals surface area contributed by atoms with Gasteiger partial charge in [0.1, 0.15) is 22.2 Å². The van der Waals surface area contributed by atoms with Crippen LogP contribution in [0.1, 0.15) is 5.56 Å². The third-order valence-corrected chi connectivity index (χ3v) is 4.94. The Morgan fingerprint density at radius 2 is 1.85 bits per heavy atom. The maximum atomic E-state index is 13.5. The van der Waals surface area contributed by atoms with Crippen molar-refractivity contribution in [1.82, 2.24) is 10.0 Å². The van der Waals surface area contributed by atoms with Crippen molar-refractivity contribution in [3.8, 4) is 11.5 Å². The number of carbonyl (C=O) groups excluding carboxylic acids is 1. The Hall–Kier alpha value is -2.65. The van der Waals surface area contributed by atoms with Crippen molar-refractivity contribution in [2.45, 2.75) is 11.4 Å². The molecule has 7 nitrogen and oxygen atoms in total. The van der Waals surface area contributed by atoms with E-state index >= 15 is 0 Å². The minimum atomic E-state index is -4.01. The molecule has 0 aliphatic rings. The Morgan fingerprint density at radius 1 is 1.12 bits per heavy atom. The van der Waals surface area contributed by atoms with Crippen molar-refractivity contribution in [3.05, 3.63) is 53.8 Å². The van der Waals surface area contributed by atoms with Gasteiger partial charge in [-0.1, -0.05) is 18.2 Å². The van der Waals surface area contributed by atoms with E-state index in [1.54, 1.807) is 12.1 Å². The van der Waals surface area contributed by atoms with Gasteiger partial charge in [-0.2, -0.15) is 0 Å². The van der Waals surface area contributed by atoms with Gasteiger partial charge in [-0.3, -0.25) is 4.79 Å². The summed E-state index contributed by atoms with van der Waals surface area (Å²) >= 11 is 0. The summed E-state index contributed by atoms with van der Waals surface area (Å²) in [6, 6.07) is 10.3. The van der Waals surface area contributed by atoms with Gasteiger partial charge in [-0.15, -0.1) is 0 Å². The topological polar surface area (TPSA) is 93.7 Å². The molecule has 0 radical (unpaired) electrons. The number of halogens is 1. The van der Waals surface area contributed by atoms with Crippen molar-refractivity contribution >= 4 is 15.9 Å². The van der Waals surface area contributed by atoms with Gasteiger partial charge in [-0.25, -0.2) is 17.5 Å². The Bertz CT molecular complexity index is 886. The zero-order valence-electron chi connectivity index (χ0n) is 14.3. The van der Waals surface area contributed by atoms with E-state index in [-0.39, 0.29) is 17.2 Å². The molecule has 2 aromatic rings. The predicted octanol–water partition coefficient (Wildman–Crippen LogP) is 1.44. The second kappa shape index (κ2) is 8.63. The number of carbonyl (C=O) groups is 1. The third kappa shape index (κ3) is 4.93. The van der Waals surface area contributed by atoms with E-state index in [1.165, 1.54) is 44.6 Å². The minimum Gasteiger partial charge on any atom is -0.497 e. The van der Waals surface area contributed by atoms with E-state index in [4.69, 9.17) is 9.47 Å². The maximum absolute atomic E-state index is 13.5. The van der Waals surface area contributed by atoms with E-state index in [0.717, 1.165) is 0 Å². The van der Waals surface area contributed by atoms with Crippen LogP contribution in [-0.2, 0) is 21.4 Å². The number of ether oxygens (including phenoxy) is 2. The summed E-state index contributed by atoms with van der Waals surface area (Å²) in [5.74, 6) is -0.603. The highest BCUT2D eigenvalue weighted by Crippen LogP contribution is 2.27. The molecular formula is C17H19FN2O5S. The first-order chi connectivity index (χ1) is 12.4. The predicted molar refractivity (Wildman–Crippen MR) is 93.0 cm³/mol. The number of benzene rings is 2. The average Bonchev–Trinajstić information content (AvgIpc) is 2.65. The number of sulfonamides is 1. The zero-order valence-corrected chi connectivity index (χ0v) is 15.1. The lowest BCUT2D eigenvalue weighted by atomic mass is 10.2. The fourth-order valence-corrected chi connectivity index (χ4v) is 3.29. The summed E-state index contributed by atoms with van der Waals surface area (Å²) in [5, 5.41) is 2.45. The van der Waals surface area contributed by atoms with Crippen LogP contribution >= 0.6 is 0 Å². The first kappa shape index (κ1) is 19.7. The number of methoxy groups -OCH3 is 2. The van der Waals surface area contributed by atoms with Crippen LogP contribution < -0.4 is 19.5 Å². The molecule has 140 valence electrons. The van der Waals surface area contributed by atoms with Gasteiger partial charge in [0.15, 0.2) is 0 Å². The highest BCUT2D eigenvalue weighted by atomic mass is 32.2. The summed E-state index contributed by atoms with van der Waals surface area (Å²) in [6.45, 7) is -0.549. The lowest BCUT2D eigenvalue weighted by molar-refractivity contribution is -0.120. The molecule has 0 saturated carbocycles. The Kier molecular flexibility index (Phi) is 6.53. The second-order valence-electron chi connectivity index (χ2n) is 5.21. The van der Waals surface area contributed by atoms with Gasteiger partial charge in [0.2, 0.25) is 15.9 Å². The smallest absolute Gasteiger partial charge is 0.244 e. The van der Waals surface area contributed by atoms with Crippen LogP contribution in [0.3, 0.4) is 0 Å². The van der Waals surface area contributed by atoms with E-state index in [2.05, 4.69) is 10.0 Å². The number of hydrogen-bond acceptors (Lipinski definition) is 5. The van der Waals surface area contributed by atoms with E-state index in [9.17, 15) is 17.6 Å². The van der Waals surface area contributed by atoms with Gasteiger partial charge < -0.3 is 14.8 Å². The molecule has 2 aromatic carbocycles. The van der Waals surface area contributed by atoms with E-state index in [0.29, 0.717) is 11.3 Å². The van der Waals surface area contributed by atoms with E-state index < -0.39 is 28.3 Å². The zero-order chi connectivity index (χ0) is 19.2. The highest BCUT2D eigenvalue weighted by Gasteiger charge is 2.21. The lowest BCUT2D eigenvalue weighted by Crippen LogP contribution is -2.36. The van der Waals surface area contributed by atoms with Crippen LogP contribution in [0.4, 0.5) is 4.39 Å². The molecule has 0 saturated heterocycles. The fraction of sp³-hybridized carbons (Fsp3) is 0.235. The number of amides is 1. The maximum Gasteiger partial charge on any atom is 0.244 e. The van der Waals surface area contributed by atoms with Crippen LogP contribution in [0.2, 0.25) is 0 Å². The molecule has 0 fully saturated rings. The summed E-state index contributed by atoms with van der Waals surface area (Å²) < 4.78 is 50.6. The van der Waals surface area contributed by atoms with Crippen LogP contribution in [-0.4, -0.2) is 35.1 Å². The van der Waals surface area contributed by atoms with Crippen molar-refractivity contribution < 1.29 is 27.1 Å². The Balaban J connectivity index is 2.01. The summed E-state index contributed by atoms with van der Waals surface area (Å²) in [4.78, 5) is 11.7. The molecular weight excluding hydrogens is 363 g/mol. The number of rotatable bonds is 8. The van der Waals surface area contributed by atoms with Gasteiger partial charge in [0.05, 0.1) is 20.8 Å². The Labute approximate surface area is 151 Å². The molecule has 0 unspecified atom stereocenters. The Morgan fingerprint density at radius 3 is 2.50 bits per heavy atom. The largest absolute Gasteiger partial charge is 0.497 e. The molecule has 0 aliphatic heterocycles. The molecule has 9 heteroatoms.